The molecule has 0 heterocycles. The van der Waals surface area contributed by atoms with Gasteiger partial charge in [-0.15, -0.1) is 0 Å². The number of aliphatic carboxylic acids is 1. The smallest absolute Gasteiger partial charge is 0.303 e. The Balaban J connectivity index is 2.00. The zero-order chi connectivity index (χ0) is 19.1. The zero-order valence-electron chi connectivity index (χ0n) is 14.8. The highest BCUT2D eigenvalue weighted by Gasteiger charge is 2.09. The van der Waals surface area contributed by atoms with Gasteiger partial charge in [-0.05, 0) is 61.7 Å². The Labute approximate surface area is 152 Å². The molecule has 2 amide bonds. The molecule has 3 N–H and O–H groups in total. The minimum absolute atomic E-state index is 0.0498. The van der Waals surface area contributed by atoms with E-state index in [1.165, 1.54) is 0 Å². The fourth-order valence-electron chi connectivity index (χ4n) is 2.61. The van der Waals surface area contributed by atoms with Crippen molar-refractivity contribution in [3.05, 3.63) is 59.2 Å². The van der Waals surface area contributed by atoms with Crippen molar-refractivity contribution in [3.8, 4) is 0 Å². The Morgan fingerprint density at radius 3 is 2.23 bits per heavy atom. The normalized spacial score (nSPS) is 10.2. The molecular weight excluding hydrogens is 332 g/mol. The highest BCUT2D eigenvalue weighted by Crippen LogP contribution is 2.17. The minimum Gasteiger partial charge on any atom is -0.481 e. The number of benzene rings is 2. The molecule has 0 saturated heterocycles. The molecule has 2 rings (SSSR count). The number of hydrogen-bond acceptors (Lipinski definition) is 3. The van der Waals surface area contributed by atoms with Crippen molar-refractivity contribution >= 4 is 29.2 Å². The lowest BCUT2D eigenvalue weighted by Crippen LogP contribution is -2.14. The fourth-order valence-corrected chi connectivity index (χ4v) is 2.61. The van der Waals surface area contributed by atoms with Crippen molar-refractivity contribution in [2.45, 2.75) is 33.1 Å². The molecule has 0 atom stereocenters. The number of aryl methyl sites for hydroxylation is 2. The van der Waals surface area contributed by atoms with Gasteiger partial charge in [0.15, 0.2) is 0 Å². The maximum absolute atomic E-state index is 12.4. The van der Waals surface area contributed by atoms with Gasteiger partial charge in [0.2, 0.25) is 5.91 Å². The van der Waals surface area contributed by atoms with Gasteiger partial charge in [0.25, 0.3) is 5.91 Å². The Kier molecular flexibility index (Phi) is 6.49. The third-order valence-corrected chi connectivity index (χ3v) is 3.68. The van der Waals surface area contributed by atoms with Gasteiger partial charge in [-0.1, -0.05) is 12.1 Å². The summed E-state index contributed by atoms with van der Waals surface area (Å²) in [4.78, 5) is 34.7. The summed E-state index contributed by atoms with van der Waals surface area (Å²) in [5.41, 5.74) is 3.76. The largest absolute Gasteiger partial charge is 0.481 e. The van der Waals surface area contributed by atoms with Crippen LogP contribution in [0.3, 0.4) is 0 Å². The maximum atomic E-state index is 12.4. The summed E-state index contributed by atoms with van der Waals surface area (Å²) in [5, 5.41) is 14.1. The second kappa shape index (κ2) is 8.80. The van der Waals surface area contributed by atoms with Gasteiger partial charge < -0.3 is 15.7 Å². The molecule has 0 aliphatic heterocycles. The molecular formula is C20H22N2O4. The molecule has 0 saturated carbocycles. The van der Waals surface area contributed by atoms with Crippen LogP contribution in [-0.4, -0.2) is 22.9 Å². The summed E-state index contributed by atoms with van der Waals surface area (Å²) in [7, 11) is 0. The standard InChI is InChI=1S/C20H22N2O4/c1-13-9-14(2)11-17(10-13)22-20(26)15-5-3-6-16(12-15)21-18(23)7-4-8-19(24)25/h3,5-6,9-12H,4,7-8H2,1-2H3,(H,21,23)(H,22,26)(H,24,25). The van der Waals surface area contributed by atoms with E-state index in [1.54, 1.807) is 24.3 Å². The molecule has 0 bridgehead atoms. The molecule has 2 aromatic rings. The van der Waals surface area contributed by atoms with Crippen LogP contribution in [0.25, 0.3) is 0 Å². The predicted molar refractivity (Wildman–Crippen MR) is 100 cm³/mol. The number of carboxylic acids is 1. The van der Waals surface area contributed by atoms with E-state index in [2.05, 4.69) is 10.6 Å². The van der Waals surface area contributed by atoms with Crippen LogP contribution in [0.2, 0.25) is 0 Å². The lowest BCUT2D eigenvalue weighted by Gasteiger charge is -2.09. The third-order valence-electron chi connectivity index (χ3n) is 3.68. The van der Waals surface area contributed by atoms with Crippen LogP contribution in [0.5, 0.6) is 0 Å². The van der Waals surface area contributed by atoms with Crippen molar-refractivity contribution < 1.29 is 19.5 Å². The Morgan fingerprint density at radius 2 is 1.58 bits per heavy atom. The molecule has 2 aromatic carbocycles. The van der Waals surface area contributed by atoms with Gasteiger partial charge in [-0.2, -0.15) is 0 Å². The second-order valence-electron chi connectivity index (χ2n) is 6.21. The maximum Gasteiger partial charge on any atom is 0.303 e. The van der Waals surface area contributed by atoms with E-state index in [0.717, 1.165) is 16.8 Å². The van der Waals surface area contributed by atoms with Crippen molar-refractivity contribution in [2.24, 2.45) is 0 Å². The molecule has 0 aliphatic carbocycles. The molecule has 0 spiro atoms. The molecule has 26 heavy (non-hydrogen) atoms. The average Bonchev–Trinajstić information content (AvgIpc) is 2.53. The van der Waals surface area contributed by atoms with E-state index in [9.17, 15) is 14.4 Å². The Bertz CT molecular complexity index is 810. The number of anilines is 2. The molecule has 136 valence electrons. The first-order valence-corrected chi connectivity index (χ1v) is 8.35. The van der Waals surface area contributed by atoms with Gasteiger partial charge in [0.05, 0.1) is 0 Å². The lowest BCUT2D eigenvalue weighted by atomic mass is 10.1. The van der Waals surface area contributed by atoms with Crippen LogP contribution in [0.4, 0.5) is 11.4 Å². The monoisotopic (exact) mass is 354 g/mol. The van der Waals surface area contributed by atoms with Crippen LogP contribution in [0, 0.1) is 13.8 Å². The number of nitrogens with one attached hydrogen (secondary N) is 2. The molecule has 0 aliphatic rings. The van der Waals surface area contributed by atoms with E-state index in [4.69, 9.17) is 5.11 Å². The van der Waals surface area contributed by atoms with Gasteiger partial charge >= 0.3 is 5.97 Å². The number of carbonyl (C=O) groups is 3. The number of carbonyl (C=O) groups excluding carboxylic acids is 2. The first-order chi connectivity index (χ1) is 12.3. The molecule has 0 radical (unpaired) electrons. The van der Waals surface area contributed by atoms with E-state index in [-0.39, 0.29) is 31.1 Å². The summed E-state index contributed by atoms with van der Waals surface area (Å²) >= 11 is 0. The second-order valence-corrected chi connectivity index (χ2v) is 6.21. The highest BCUT2D eigenvalue weighted by molar-refractivity contribution is 6.05. The summed E-state index contributed by atoms with van der Waals surface area (Å²) in [6, 6.07) is 12.4. The highest BCUT2D eigenvalue weighted by atomic mass is 16.4. The summed E-state index contributed by atoms with van der Waals surface area (Å²) in [5.74, 6) is -1.47. The summed E-state index contributed by atoms with van der Waals surface area (Å²) < 4.78 is 0. The van der Waals surface area contributed by atoms with Crippen molar-refractivity contribution in [1.82, 2.24) is 0 Å². The van der Waals surface area contributed by atoms with E-state index in [1.807, 2.05) is 32.0 Å². The van der Waals surface area contributed by atoms with Gasteiger partial charge in [-0.3, -0.25) is 14.4 Å². The van der Waals surface area contributed by atoms with Crippen LogP contribution in [0.15, 0.2) is 42.5 Å². The van der Waals surface area contributed by atoms with Crippen LogP contribution < -0.4 is 10.6 Å². The topological polar surface area (TPSA) is 95.5 Å². The Morgan fingerprint density at radius 1 is 0.885 bits per heavy atom. The molecule has 0 aromatic heterocycles. The predicted octanol–water partition coefficient (Wildman–Crippen LogP) is 3.75. The summed E-state index contributed by atoms with van der Waals surface area (Å²) in [6.45, 7) is 3.92. The lowest BCUT2D eigenvalue weighted by molar-refractivity contribution is -0.137. The number of rotatable bonds is 7. The number of hydrogen-bond donors (Lipinski definition) is 3. The van der Waals surface area contributed by atoms with Crippen LogP contribution in [0.1, 0.15) is 40.7 Å². The molecule has 0 unspecified atom stereocenters. The number of amides is 2. The minimum atomic E-state index is -0.928. The van der Waals surface area contributed by atoms with Crippen LogP contribution >= 0.6 is 0 Å². The fraction of sp³-hybridized carbons (Fsp3) is 0.250. The van der Waals surface area contributed by atoms with E-state index < -0.39 is 5.97 Å². The van der Waals surface area contributed by atoms with Crippen LogP contribution in [-0.2, 0) is 9.59 Å². The van der Waals surface area contributed by atoms with E-state index in [0.29, 0.717) is 11.3 Å². The molecule has 6 heteroatoms. The van der Waals surface area contributed by atoms with E-state index >= 15 is 0 Å². The van der Waals surface area contributed by atoms with Crippen molar-refractivity contribution in [3.63, 3.8) is 0 Å². The van der Waals surface area contributed by atoms with Gasteiger partial charge in [-0.25, -0.2) is 0 Å². The van der Waals surface area contributed by atoms with Gasteiger partial charge in [0.1, 0.15) is 0 Å². The quantitative estimate of drug-likeness (QED) is 0.705. The molecule has 0 fully saturated rings. The van der Waals surface area contributed by atoms with Crippen molar-refractivity contribution in [1.29, 1.82) is 0 Å². The van der Waals surface area contributed by atoms with Crippen molar-refractivity contribution in [2.75, 3.05) is 10.6 Å². The number of carboxylic acid groups (broad SMARTS) is 1. The third kappa shape index (κ3) is 6.05. The first-order valence-electron chi connectivity index (χ1n) is 8.35. The summed E-state index contributed by atoms with van der Waals surface area (Å²) in [6.07, 6.45) is 0.338. The molecule has 6 nitrogen and oxygen atoms in total. The Hall–Kier alpha value is -3.15. The van der Waals surface area contributed by atoms with Gasteiger partial charge in [0, 0.05) is 29.8 Å². The SMILES string of the molecule is Cc1cc(C)cc(NC(=O)c2cccc(NC(=O)CCCC(=O)O)c2)c1. The average molecular weight is 354 g/mol. The zero-order valence-corrected chi connectivity index (χ0v) is 14.8. The first kappa shape index (κ1) is 19.2.